The van der Waals surface area contributed by atoms with E-state index in [1.807, 2.05) is 44.2 Å². The summed E-state index contributed by atoms with van der Waals surface area (Å²) >= 11 is 2.17. The number of fused-ring (bicyclic) bond motifs is 1. The molecular formula is C22H18IN3O2. The first kappa shape index (κ1) is 19.8. The molecule has 140 valence electrons. The predicted molar refractivity (Wildman–Crippen MR) is 119 cm³/mol. The van der Waals surface area contributed by atoms with Crippen LogP contribution in [0.2, 0.25) is 0 Å². The number of halogens is 1. The molecule has 0 bridgehead atoms. The van der Waals surface area contributed by atoms with E-state index in [-0.39, 0.29) is 6.61 Å². The van der Waals surface area contributed by atoms with Gasteiger partial charge < -0.3 is 14.5 Å². The van der Waals surface area contributed by atoms with Crippen LogP contribution in [0.5, 0.6) is 11.5 Å². The van der Waals surface area contributed by atoms with Gasteiger partial charge in [0, 0.05) is 0 Å². The van der Waals surface area contributed by atoms with Crippen molar-refractivity contribution in [2.24, 2.45) is 0 Å². The van der Waals surface area contributed by atoms with Crippen molar-refractivity contribution >= 4 is 45.3 Å². The third-order valence-electron chi connectivity index (χ3n) is 3.96. The summed E-state index contributed by atoms with van der Waals surface area (Å²) in [6.07, 6.45) is 7.07. The Balaban J connectivity index is 2.03. The number of terminal acetylenes is 1. The highest BCUT2D eigenvalue weighted by atomic mass is 127. The van der Waals surface area contributed by atoms with Gasteiger partial charge in [-0.25, -0.2) is 4.98 Å². The summed E-state index contributed by atoms with van der Waals surface area (Å²) in [6, 6.07) is 11.9. The SMILES string of the molecule is C#CCOc1c(I)cc(C=C(C#N)c2nc3ccc(C)cc3[nH]2)cc1OCC. The van der Waals surface area contributed by atoms with Gasteiger partial charge in [0.25, 0.3) is 0 Å². The van der Waals surface area contributed by atoms with E-state index in [0.29, 0.717) is 29.5 Å². The van der Waals surface area contributed by atoms with Crippen LogP contribution in [0.3, 0.4) is 0 Å². The van der Waals surface area contributed by atoms with Gasteiger partial charge in [0.15, 0.2) is 11.5 Å². The second-order valence-electron chi connectivity index (χ2n) is 6.03. The fraction of sp³-hybridized carbons (Fsp3) is 0.182. The molecule has 0 fully saturated rings. The number of aromatic nitrogens is 2. The van der Waals surface area contributed by atoms with Crippen molar-refractivity contribution in [1.82, 2.24) is 9.97 Å². The molecule has 0 aliphatic rings. The average molecular weight is 483 g/mol. The molecular weight excluding hydrogens is 465 g/mol. The van der Waals surface area contributed by atoms with Crippen LogP contribution in [0.1, 0.15) is 23.9 Å². The normalized spacial score (nSPS) is 11.1. The van der Waals surface area contributed by atoms with E-state index in [4.69, 9.17) is 15.9 Å². The molecule has 0 aliphatic carbocycles. The maximum atomic E-state index is 9.67. The van der Waals surface area contributed by atoms with Crippen LogP contribution in [0.15, 0.2) is 30.3 Å². The van der Waals surface area contributed by atoms with E-state index in [1.54, 1.807) is 6.08 Å². The summed E-state index contributed by atoms with van der Waals surface area (Å²) in [6.45, 7) is 4.57. The number of benzene rings is 2. The molecule has 3 aromatic rings. The topological polar surface area (TPSA) is 70.9 Å². The lowest BCUT2D eigenvalue weighted by Crippen LogP contribution is -2.01. The fourth-order valence-electron chi connectivity index (χ4n) is 2.76. The van der Waals surface area contributed by atoms with Crippen LogP contribution in [0.4, 0.5) is 0 Å². The number of aromatic amines is 1. The molecule has 0 unspecified atom stereocenters. The number of hydrogen-bond acceptors (Lipinski definition) is 4. The van der Waals surface area contributed by atoms with Gasteiger partial charge in [0.05, 0.1) is 26.8 Å². The second kappa shape index (κ2) is 8.81. The monoisotopic (exact) mass is 483 g/mol. The van der Waals surface area contributed by atoms with Crippen LogP contribution in [0.25, 0.3) is 22.7 Å². The Morgan fingerprint density at radius 3 is 2.86 bits per heavy atom. The highest BCUT2D eigenvalue weighted by Crippen LogP contribution is 2.35. The van der Waals surface area contributed by atoms with Crippen LogP contribution in [-0.2, 0) is 0 Å². The molecule has 0 atom stereocenters. The summed E-state index contributed by atoms with van der Waals surface area (Å²) in [4.78, 5) is 7.75. The molecule has 1 N–H and O–H groups in total. The Bertz CT molecular complexity index is 1130. The number of nitrogens with one attached hydrogen (secondary N) is 1. The van der Waals surface area contributed by atoms with Gasteiger partial charge in [-0.1, -0.05) is 12.0 Å². The number of hydrogen-bond donors (Lipinski definition) is 1. The largest absolute Gasteiger partial charge is 0.490 e. The molecule has 6 heteroatoms. The van der Waals surface area contributed by atoms with Crippen molar-refractivity contribution in [3.8, 4) is 29.9 Å². The van der Waals surface area contributed by atoms with Gasteiger partial charge in [-0.2, -0.15) is 5.26 Å². The number of allylic oxidation sites excluding steroid dienone is 1. The van der Waals surface area contributed by atoms with E-state index >= 15 is 0 Å². The lowest BCUT2D eigenvalue weighted by Gasteiger charge is -2.13. The van der Waals surface area contributed by atoms with Gasteiger partial charge in [0.1, 0.15) is 18.5 Å². The Labute approximate surface area is 177 Å². The standard InChI is InChI=1S/C22H18IN3O2/c1-4-8-28-21-17(23)11-15(12-20(21)27-5-2)10-16(13-24)22-25-18-7-6-14(3)9-19(18)26-22/h1,6-7,9-12H,5,8H2,2-3H3,(H,25,26). The zero-order valence-electron chi connectivity index (χ0n) is 15.5. The zero-order chi connectivity index (χ0) is 20.1. The summed E-state index contributed by atoms with van der Waals surface area (Å²) < 4.78 is 12.2. The molecule has 1 aromatic heterocycles. The molecule has 0 saturated carbocycles. The minimum atomic E-state index is 0.160. The van der Waals surface area contributed by atoms with E-state index in [2.05, 4.69) is 44.5 Å². The average Bonchev–Trinajstić information content (AvgIpc) is 3.08. The van der Waals surface area contributed by atoms with Crippen molar-refractivity contribution in [2.75, 3.05) is 13.2 Å². The molecule has 1 heterocycles. The number of imidazole rings is 1. The van der Waals surface area contributed by atoms with Crippen molar-refractivity contribution in [3.05, 3.63) is 50.9 Å². The van der Waals surface area contributed by atoms with Crippen molar-refractivity contribution < 1.29 is 9.47 Å². The number of rotatable bonds is 6. The fourth-order valence-corrected chi connectivity index (χ4v) is 3.54. The van der Waals surface area contributed by atoms with E-state index in [0.717, 1.165) is 25.7 Å². The molecule has 0 aliphatic heterocycles. The Hall–Kier alpha value is -2.97. The summed E-state index contributed by atoms with van der Waals surface area (Å²) in [5, 5.41) is 9.67. The van der Waals surface area contributed by atoms with Crippen LogP contribution < -0.4 is 9.47 Å². The molecule has 0 radical (unpaired) electrons. The first-order chi connectivity index (χ1) is 13.5. The third kappa shape index (κ3) is 4.29. The van der Waals surface area contributed by atoms with Gasteiger partial charge >= 0.3 is 0 Å². The molecule has 3 rings (SSSR count). The number of aryl methyl sites for hydroxylation is 1. The van der Waals surface area contributed by atoms with Crippen molar-refractivity contribution in [3.63, 3.8) is 0 Å². The quantitative estimate of drug-likeness (QED) is 0.306. The second-order valence-corrected chi connectivity index (χ2v) is 7.19. The number of nitrogens with zero attached hydrogens (tertiary/aromatic N) is 2. The van der Waals surface area contributed by atoms with Crippen LogP contribution in [0, 0.1) is 34.2 Å². The minimum absolute atomic E-state index is 0.160. The van der Waals surface area contributed by atoms with Gasteiger partial charge in [-0.15, -0.1) is 6.42 Å². The minimum Gasteiger partial charge on any atom is -0.490 e. The van der Waals surface area contributed by atoms with Gasteiger partial charge in [-0.05, 0) is 77.9 Å². The van der Waals surface area contributed by atoms with Gasteiger partial charge in [0.2, 0.25) is 0 Å². The molecule has 5 nitrogen and oxygen atoms in total. The highest BCUT2D eigenvalue weighted by molar-refractivity contribution is 14.1. The molecule has 28 heavy (non-hydrogen) atoms. The van der Waals surface area contributed by atoms with Crippen LogP contribution >= 0.6 is 22.6 Å². The van der Waals surface area contributed by atoms with E-state index in [9.17, 15) is 5.26 Å². The molecule has 0 spiro atoms. The smallest absolute Gasteiger partial charge is 0.175 e. The Morgan fingerprint density at radius 2 is 2.14 bits per heavy atom. The van der Waals surface area contributed by atoms with Crippen LogP contribution in [-0.4, -0.2) is 23.2 Å². The Morgan fingerprint density at radius 1 is 1.32 bits per heavy atom. The van der Waals surface area contributed by atoms with Crippen molar-refractivity contribution in [2.45, 2.75) is 13.8 Å². The van der Waals surface area contributed by atoms with Crippen molar-refractivity contribution in [1.29, 1.82) is 5.26 Å². The lowest BCUT2D eigenvalue weighted by atomic mass is 10.1. The maximum absolute atomic E-state index is 9.67. The van der Waals surface area contributed by atoms with E-state index in [1.165, 1.54) is 0 Å². The maximum Gasteiger partial charge on any atom is 0.175 e. The Kier molecular flexibility index (Phi) is 6.23. The molecule has 2 aromatic carbocycles. The third-order valence-corrected chi connectivity index (χ3v) is 4.76. The number of nitriles is 1. The highest BCUT2D eigenvalue weighted by Gasteiger charge is 2.13. The molecule has 0 saturated heterocycles. The number of H-pyrrole nitrogens is 1. The first-order valence-corrected chi connectivity index (χ1v) is 9.74. The first-order valence-electron chi connectivity index (χ1n) is 8.66. The molecule has 0 amide bonds. The summed E-state index contributed by atoms with van der Waals surface area (Å²) in [7, 11) is 0. The van der Waals surface area contributed by atoms with E-state index < -0.39 is 0 Å². The summed E-state index contributed by atoms with van der Waals surface area (Å²) in [5.41, 5.74) is 4.10. The zero-order valence-corrected chi connectivity index (χ0v) is 17.7. The number of ether oxygens (including phenoxy) is 2. The summed E-state index contributed by atoms with van der Waals surface area (Å²) in [5.74, 6) is 4.19. The van der Waals surface area contributed by atoms with Gasteiger partial charge in [-0.3, -0.25) is 0 Å². The lowest BCUT2D eigenvalue weighted by molar-refractivity contribution is 0.297. The predicted octanol–water partition coefficient (Wildman–Crippen LogP) is 4.95.